The molecule has 0 aliphatic heterocycles. The smallest absolute Gasteiger partial charge is 0.240 e. The maximum absolute atomic E-state index is 13.0. The molecule has 0 aliphatic carbocycles. The molecule has 1 aromatic carbocycles. The van der Waals surface area contributed by atoms with Gasteiger partial charge >= 0.3 is 0 Å². The largest absolute Gasteiger partial charge is 0.344 e. The standard InChI is InChI=1S/C21H24N6O3S2/c1-31-13-10-17(21-24-23-19-8-3-4-11-27(19)21)22-20(28)14-26-12-9-15-16(25-32(2,29)30)6-5-7-18(15)26/h3-9,11-12,17,25H,10,13-14H2,1-2H3,(H,22,28). The lowest BCUT2D eigenvalue weighted by Crippen LogP contribution is -2.33. The summed E-state index contributed by atoms with van der Waals surface area (Å²) in [5, 5.41) is 12.3. The van der Waals surface area contributed by atoms with E-state index in [1.807, 2.05) is 41.1 Å². The van der Waals surface area contributed by atoms with Crippen LogP contribution in [0.1, 0.15) is 18.3 Å². The van der Waals surface area contributed by atoms with Gasteiger partial charge < -0.3 is 9.88 Å². The van der Waals surface area contributed by atoms with Gasteiger partial charge in [0.2, 0.25) is 15.9 Å². The number of hydrogen-bond acceptors (Lipinski definition) is 6. The van der Waals surface area contributed by atoms with Crippen LogP contribution in [0, 0.1) is 0 Å². The Morgan fingerprint density at radius 2 is 1.97 bits per heavy atom. The Balaban J connectivity index is 1.56. The van der Waals surface area contributed by atoms with Crippen molar-refractivity contribution in [1.29, 1.82) is 0 Å². The van der Waals surface area contributed by atoms with Gasteiger partial charge in [0.1, 0.15) is 6.54 Å². The molecule has 4 rings (SSSR count). The van der Waals surface area contributed by atoms with Gasteiger partial charge in [-0.2, -0.15) is 11.8 Å². The van der Waals surface area contributed by atoms with E-state index in [4.69, 9.17) is 0 Å². The van der Waals surface area contributed by atoms with Crippen molar-refractivity contribution in [3.8, 4) is 0 Å². The van der Waals surface area contributed by atoms with E-state index in [0.29, 0.717) is 11.5 Å². The third-order valence-electron chi connectivity index (χ3n) is 5.02. The number of amides is 1. The van der Waals surface area contributed by atoms with Crippen molar-refractivity contribution in [3.05, 3.63) is 60.7 Å². The van der Waals surface area contributed by atoms with Crippen LogP contribution >= 0.6 is 11.8 Å². The number of carbonyl (C=O) groups is 1. The summed E-state index contributed by atoms with van der Waals surface area (Å²) in [6.07, 6.45) is 7.52. The molecule has 11 heteroatoms. The first-order chi connectivity index (χ1) is 15.4. The highest BCUT2D eigenvalue weighted by Gasteiger charge is 2.21. The van der Waals surface area contributed by atoms with Crippen LogP contribution in [0.3, 0.4) is 0 Å². The van der Waals surface area contributed by atoms with Gasteiger partial charge in [0.25, 0.3) is 0 Å². The fourth-order valence-electron chi connectivity index (χ4n) is 3.64. The van der Waals surface area contributed by atoms with Gasteiger partial charge in [-0.1, -0.05) is 12.1 Å². The second-order valence-electron chi connectivity index (χ2n) is 7.44. The van der Waals surface area contributed by atoms with Gasteiger partial charge in [-0.05, 0) is 48.8 Å². The van der Waals surface area contributed by atoms with Crippen LogP contribution in [0.4, 0.5) is 5.69 Å². The molecule has 2 N–H and O–H groups in total. The van der Waals surface area contributed by atoms with E-state index in [1.165, 1.54) is 0 Å². The summed E-state index contributed by atoms with van der Waals surface area (Å²) in [7, 11) is -3.41. The minimum atomic E-state index is -3.41. The number of carbonyl (C=O) groups excluding carboxylic acids is 1. The number of hydrogen-bond donors (Lipinski definition) is 2. The minimum absolute atomic E-state index is 0.0956. The number of anilines is 1. The first-order valence-corrected chi connectivity index (χ1v) is 13.3. The van der Waals surface area contributed by atoms with E-state index in [1.54, 1.807) is 40.7 Å². The molecule has 0 spiro atoms. The molecule has 0 saturated carbocycles. The highest BCUT2D eigenvalue weighted by molar-refractivity contribution is 7.98. The van der Waals surface area contributed by atoms with Crippen molar-refractivity contribution in [2.75, 3.05) is 23.0 Å². The van der Waals surface area contributed by atoms with Crippen molar-refractivity contribution < 1.29 is 13.2 Å². The lowest BCUT2D eigenvalue weighted by molar-refractivity contribution is -0.122. The fourth-order valence-corrected chi connectivity index (χ4v) is 4.69. The zero-order valence-corrected chi connectivity index (χ0v) is 19.4. The highest BCUT2D eigenvalue weighted by atomic mass is 32.2. The summed E-state index contributed by atoms with van der Waals surface area (Å²) in [6.45, 7) is 0.0956. The van der Waals surface area contributed by atoms with E-state index in [-0.39, 0.29) is 18.5 Å². The van der Waals surface area contributed by atoms with Crippen molar-refractivity contribution >= 4 is 49.9 Å². The fraction of sp³-hybridized carbons (Fsp3) is 0.286. The van der Waals surface area contributed by atoms with Crippen LogP contribution in [0.15, 0.2) is 54.9 Å². The highest BCUT2D eigenvalue weighted by Crippen LogP contribution is 2.25. The average Bonchev–Trinajstić information content (AvgIpc) is 3.35. The molecule has 32 heavy (non-hydrogen) atoms. The molecule has 1 unspecified atom stereocenters. The lowest BCUT2D eigenvalue weighted by Gasteiger charge is -2.17. The van der Waals surface area contributed by atoms with Crippen molar-refractivity contribution in [2.45, 2.75) is 19.0 Å². The maximum atomic E-state index is 13.0. The first kappa shape index (κ1) is 22.2. The predicted octanol–water partition coefficient (Wildman–Crippen LogP) is 2.67. The van der Waals surface area contributed by atoms with Gasteiger partial charge in [-0.15, -0.1) is 10.2 Å². The summed E-state index contributed by atoms with van der Waals surface area (Å²) >= 11 is 1.70. The van der Waals surface area contributed by atoms with E-state index in [9.17, 15) is 13.2 Å². The molecule has 168 valence electrons. The molecule has 0 aliphatic rings. The normalized spacial score (nSPS) is 12.8. The number of aromatic nitrogens is 4. The number of rotatable bonds is 9. The van der Waals surface area contributed by atoms with E-state index in [2.05, 4.69) is 20.2 Å². The second-order valence-corrected chi connectivity index (χ2v) is 10.2. The van der Waals surface area contributed by atoms with Gasteiger partial charge in [0, 0.05) is 17.8 Å². The molecule has 3 aromatic heterocycles. The Kier molecular flexibility index (Phi) is 6.38. The maximum Gasteiger partial charge on any atom is 0.240 e. The number of nitrogens with zero attached hydrogens (tertiary/aromatic N) is 4. The third-order valence-corrected chi connectivity index (χ3v) is 6.26. The van der Waals surface area contributed by atoms with Gasteiger partial charge in [0.15, 0.2) is 11.5 Å². The monoisotopic (exact) mass is 472 g/mol. The summed E-state index contributed by atoms with van der Waals surface area (Å²) < 4.78 is 29.5. The number of benzene rings is 1. The summed E-state index contributed by atoms with van der Waals surface area (Å²) in [5.74, 6) is 1.39. The quantitative estimate of drug-likeness (QED) is 0.388. The van der Waals surface area contributed by atoms with Crippen molar-refractivity contribution in [3.63, 3.8) is 0 Å². The molecular formula is C21H24N6O3S2. The summed E-state index contributed by atoms with van der Waals surface area (Å²) in [5.41, 5.74) is 1.98. The molecule has 3 heterocycles. The zero-order chi connectivity index (χ0) is 22.7. The second kappa shape index (κ2) is 9.21. The van der Waals surface area contributed by atoms with Gasteiger partial charge in [-0.25, -0.2) is 8.42 Å². The molecule has 0 fully saturated rings. The van der Waals surface area contributed by atoms with E-state index < -0.39 is 10.0 Å². The Morgan fingerprint density at radius 3 is 2.75 bits per heavy atom. The Bertz CT molecular complexity index is 1360. The van der Waals surface area contributed by atoms with Crippen LogP contribution in [0.5, 0.6) is 0 Å². The molecule has 9 nitrogen and oxygen atoms in total. The van der Waals surface area contributed by atoms with Crippen molar-refractivity contribution in [1.82, 2.24) is 24.5 Å². The van der Waals surface area contributed by atoms with Crippen LogP contribution < -0.4 is 10.0 Å². The Morgan fingerprint density at radius 1 is 1.12 bits per heavy atom. The number of fused-ring (bicyclic) bond motifs is 2. The topological polar surface area (TPSA) is 110 Å². The molecule has 0 saturated heterocycles. The lowest BCUT2D eigenvalue weighted by atomic mass is 10.2. The molecule has 4 aromatic rings. The van der Waals surface area contributed by atoms with Crippen LogP contribution in [-0.4, -0.2) is 51.8 Å². The van der Waals surface area contributed by atoms with Crippen LogP contribution in [0.25, 0.3) is 16.6 Å². The number of thioether (sulfide) groups is 1. The predicted molar refractivity (Wildman–Crippen MR) is 127 cm³/mol. The number of pyridine rings is 1. The summed E-state index contributed by atoms with van der Waals surface area (Å²) in [6, 6.07) is 12.5. The Hall–Kier alpha value is -3.05. The minimum Gasteiger partial charge on any atom is -0.344 e. The average molecular weight is 473 g/mol. The molecule has 0 bridgehead atoms. The van der Waals surface area contributed by atoms with E-state index >= 15 is 0 Å². The van der Waals surface area contributed by atoms with Crippen LogP contribution in [-0.2, 0) is 21.4 Å². The molecule has 0 radical (unpaired) electrons. The third kappa shape index (κ3) is 4.89. The Labute approximate surface area is 190 Å². The molecular weight excluding hydrogens is 448 g/mol. The molecule has 1 atom stereocenters. The molecule has 1 amide bonds. The van der Waals surface area contributed by atoms with E-state index in [0.717, 1.165) is 35.0 Å². The van der Waals surface area contributed by atoms with Gasteiger partial charge in [-0.3, -0.25) is 13.9 Å². The SMILES string of the molecule is CSCCC(NC(=O)Cn1ccc2c(NS(C)(=O)=O)cccc21)c1nnc2ccccn12. The number of sulfonamides is 1. The zero-order valence-electron chi connectivity index (χ0n) is 17.7. The number of nitrogens with one attached hydrogen (secondary N) is 2. The van der Waals surface area contributed by atoms with Gasteiger partial charge in [0.05, 0.1) is 23.5 Å². The summed E-state index contributed by atoms with van der Waals surface area (Å²) in [4.78, 5) is 13.0. The van der Waals surface area contributed by atoms with Crippen molar-refractivity contribution in [2.24, 2.45) is 0 Å². The van der Waals surface area contributed by atoms with Crippen LogP contribution in [0.2, 0.25) is 0 Å². The first-order valence-electron chi connectivity index (χ1n) is 9.99.